The smallest absolute Gasteiger partial charge is 0.314 e. The molecule has 0 heterocycles. The van der Waals surface area contributed by atoms with Gasteiger partial charge in [-0.25, -0.2) is 0 Å². The van der Waals surface area contributed by atoms with Gasteiger partial charge in [-0.1, -0.05) is 36.5 Å². The zero-order valence-electron chi connectivity index (χ0n) is 15.8. The van der Waals surface area contributed by atoms with Gasteiger partial charge in [0.25, 0.3) is 0 Å². The van der Waals surface area contributed by atoms with Gasteiger partial charge in [0.2, 0.25) is 0 Å². The molecule has 26 heavy (non-hydrogen) atoms. The molecule has 134 valence electrons. The van der Waals surface area contributed by atoms with E-state index >= 15 is 0 Å². The fourth-order valence-corrected chi connectivity index (χ4v) is 3.39. The third-order valence-corrected chi connectivity index (χ3v) is 5.15. The third-order valence-electron chi connectivity index (χ3n) is 5.15. The summed E-state index contributed by atoms with van der Waals surface area (Å²) in [5.74, 6) is 7.69. The van der Waals surface area contributed by atoms with E-state index < -0.39 is 0 Å². The molecule has 0 spiro atoms. The maximum atomic E-state index is 12.3. The number of aryl methyl sites for hydroxylation is 2. The molecule has 1 aliphatic carbocycles. The number of benzene rings is 2. The van der Waals surface area contributed by atoms with E-state index in [1.165, 1.54) is 11.1 Å². The van der Waals surface area contributed by atoms with Gasteiger partial charge in [-0.05, 0) is 81.3 Å². The fourth-order valence-electron chi connectivity index (χ4n) is 3.39. The van der Waals surface area contributed by atoms with Crippen LogP contribution in [0.4, 0.5) is 0 Å². The second kappa shape index (κ2) is 8.23. The molecule has 0 amide bonds. The average Bonchev–Trinajstić information content (AvgIpc) is 2.63. The van der Waals surface area contributed by atoms with Crippen LogP contribution < -0.4 is 4.74 Å². The number of hydrogen-bond acceptors (Lipinski definition) is 2. The fraction of sp³-hybridized carbons (Fsp3) is 0.375. The minimum absolute atomic E-state index is 0.0511. The number of esters is 1. The molecule has 3 rings (SSSR count). The number of ether oxygens (including phenoxy) is 1. The summed E-state index contributed by atoms with van der Waals surface area (Å²) in [7, 11) is 0. The summed E-state index contributed by atoms with van der Waals surface area (Å²) in [6.45, 7) is 6.41. The van der Waals surface area contributed by atoms with Crippen molar-refractivity contribution < 1.29 is 9.53 Å². The molecular formula is C24H26O2. The molecule has 2 aromatic carbocycles. The van der Waals surface area contributed by atoms with Crippen LogP contribution >= 0.6 is 0 Å². The Balaban J connectivity index is 1.62. The molecule has 2 aromatic rings. The van der Waals surface area contributed by atoms with Gasteiger partial charge in [0.05, 0.1) is 5.92 Å². The van der Waals surface area contributed by atoms with Crippen molar-refractivity contribution in [3.63, 3.8) is 0 Å². The molecule has 0 N–H and O–H groups in total. The lowest BCUT2D eigenvalue weighted by atomic mass is 9.83. The maximum absolute atomic E-state index is 12.3. The van der Waals surface area contributed by atoms with Crippen molar-refractivity contribution in [3.05, 3.63) is 64.7 Å². The molecular weight excluding hydrogens is 320 g/mol. The van der Waals surface area contributed by atoms with E-state index in [0.717, 1.165) is 42.7 Å². The van der Waals surface area contributed by atoms with Crippen LogP contribution in [0.25, 0.3) is 0 Å². The first kappa shape index (κ1) is 18.3. The molecule has 1 aliphatic rings. The van der Waals surface area contributed by atoms with Gasteiger partial charge in [0, 0.05) is 11.1 Å². The quantitative estimate of drug-likeness (QED) is 0.411. The molecule has 0 unspecified atom stereocenters. The van der Waals surface area contributed by atoms with Crippen molar-refractivity contribution in [2.45, 2.75) is 46.5 Å². The summed E-state index contributed by atoms with van der Waals surface area (Å²) in [5.41, 5.74) is 4.38. The van der Waals surface area contributed by atoms with Crippen LogP contribution in [0.1, 0.15) is 54.9 Å². The van der Waals surface area contributed by atoms with Gasteiger partial charge in [0.15, 0.2) is 0 Å². The number of carbonyl (C=O) groups excluding carboxylic acids is 1. The van der Waals surface area contributed by atoms with Gasteiger partial charge in [-0.15, -0.1) is 0 Å². The second-order valence-corrected chi connectivity index (χ2v) is 7.47. The highest BCUT2D eigenvalue weighted by Gasteiger charge is 2.25. The molecule has 1 fully saturated rings. The predicted molar refractivity (Wildman–Crippen MR) is 105 cm³/mol. The van der Waals surface area contributed by atoms with E-state index in [0.29, 0.717) is 5.75 Å². The molecule has 2 heteroatoms. The molecule has 0 aliphatic heterocycles. The van der Waals surface area contributed by atoms with Gasteiger partial charge >= 0.3 is 5.97 Å². The summed E-state index contributed by atoms with van der Waals surface area (Å²) in [5, 5.41) is 0. The Hall–Kier alpha value is -2.53. The topological polar surface area (TPSA) is 26.3 Å². The van der Waals surface area contributed by atoms with Crippen molar-refractivity contribution in [2.75, 3.05) is 0 Å². The molecule has 0 bridgehead atoms. The van der Waals surface area contributed by atoms with E-state index in [1.807, 2.05) is 24.3 Å². The Morgan fingerprint density at radius 2 is 1.65 bits per heavy atom. The van der Waals surface area contributed by atoms with Gasteiger partial charge in [0.1, 0.15) is 5.75 Å². The average molecular weight is 346 g/mol. The predicted octanol–water partition coefficient (Wildman–Crippen LogP) is 5.43. The van der Waals surface area contributed by atoms with E-state index in [2.05, 4.69) is 50.8 Å². The van der Waals surface area contributed by atoms with Crippen LogP contribution in [0, 0.1) is 37.5 Å². The lowest BCUT2D eigenvalue weighted by molar-refractivity contribution is -0.140. The summed E-state index contributed by atoms with van der Waals surface area (Å²) >= 11 is 0. The van der Waals surface area contributed by atoms with Crippen LogP contribution in [0.2, 0.25) is 0 Å². The molecule has 0 atom stereocenters. The van der Waals surface area contributed by atoms with Crippen molar-refractivity contribution in [3.8, 4) is 17.6 Å². The SMILES string of the molecule is Cc1ccc(C#Cc2ccc(OC(=O)C3CCC(C)CC3)cc2)c(C)c1. The van der Waals surface area contributed by atoms with Gasteiger partial charge in [-0.2, -0.15) is 0 Å². The standard InChI is InChI=1S/C24H26O2/c1-17-4-11-22(12-5-17)24(25)26-23-14-8-20(9-15-23)7-13-21-10-6-18(2)16-19(21)3/h6,8-10,14-17,22H,4-5,11-12H2,1-3H3. The first-order valence-corrected chi connectivity index (χ1v) is 9.42. The largest absolute Gasteiger partial charge is 0.426 e. The van der Waals surface area contributed by atoms with Gasteiger partial charge in [-0.3, -0.25) is 4.79 Å². The number of rotatable bonds is 2. The molecule has 2 nitrogen and oxygen atoms in total. The lowest BCUT2D eigenvalue weighted by Crippen LogP contribution is -2.24. The minimum Gasteiger partial charge on any atom is -0.426 e. The Bertz CT molecular complexity index is 829. The van der Waals surface area contributed by atoms with Crippen molar-refractivity contribution >= 4 is 5.97 Å². The van der Waals surface area contributed by atoms with Crippen molar-refractivity contribution in [1.82, 2.24) is 0 Å². The summed E-state index contributed by atoms with van der Waals surface area (Å²) in [4.78, 5) is 12.3. The monoisotopic (exact) mass is 346 g/mol. The van der Waals surface area contributed by atoms with E-state index in [1.54, 1.807) is 0 Å². The highest BCUT2D eigenvalue weighted by Crippen LogP contribution is 2.29. The zero-order valence-corrected chi connectivity index (χ0v) is 15.8. The van der Waals surface area contributed by atoms with Crippen LogP contribution in [0.3, 0.4) is 0 Å². The Labute approximate surface area is 156 Å². The zero-order chi connectivity index (χ0) is 18.5. The van der Waals surface area contributed by atoms with Crippen LogP contribution in [-0.2, 0) is 4.79 Å². The summed E-state index contributed by atoms with van der Waals surface area (Å²) < 4.78 is 5.55. The van der Waals surface area contributed by atoms with Crippen molar-refractivity contribution in [2.24, 2.45) is 11.8 Å². The lowest BCUT2D eigenvalue weighted by Gasteiger charge is -2.24. The second-order valence-electron chi connectivity index (χ2n) is 7.47. The van der Waals surface area contributed by atoms with E-state index in [4.69, 9.17) is 4.74 Å². The van der Waals surface area contributed by atoms with E-state index in [9.17, 15) is 4.79 Å². The first-order chi connectivity index (χ1) is 12.5. The Kier molecular flexibility index (Phi) is 5.78. The minimum atomic E-state index is -0.0917. The third kappa shape index (κ3) is 4.76. The molecule has 0 saturated heterocycles. The Morgan fingerprint density at radius 3 is 2.31 bits per heavy atom. The first-order valence-electron chi connectivity index (χ1n) is 9.42. The number of hydrogen-bond donors (Lipinski definition) is 0. The van der Waals surface area contributed by atoms with Crippen LogP contribution in [-0.4, -0.2) is 5.97 Å². The van der Waals surface area contributed by atoms with Gasteiger partial charge < -0.3 is 4.74 Å². The normalized spacial score (nSPS) is 19.3. The maximum Gasteiger partial charge on any atom is 0.314 e. The Morgan fingerprint density at radius 1 is 0.962 bits per heavy atom. The highest BCUT2D eigenvalue weighted by atomic mass is 16.5. The summed E-state index contributed by atoms with van der Waals surface area (Å²) in [6.07, 6.45) is 4.12. The van der Waals surface area contributed by atoms with E-state index in [-0.39, 0.29) is 11.9 Å². The van der Waals surface area contributed by atoms with Crippen LogP contribution in [0.5, 0.6) is 5.75 Å². The number of carbonyl (C=O) groups is 1. The molecule has 0 aromatic heterocycles. The molecule has 0 radical (unpaired) electrons. The van der Waals surface area contributed by atoms with Crippen LogP contribution in [0.15, 0.2) is 42.5 Å². The molecule has 1 saturated carbocycles. The highest BCUT2D eigenvalue weighted by molar-refractivity contribution is 5.75. The summed E-state index contributed by atoms with van der Waals surface area (Å²) in [6, 6.07) is 13.7. The van der Waals surface area contributed by atoms with Crippen molar-refractivity contribution in [1.29, 1.82) is 0 Å².